The summed E-state index contributed by atoms with van der Waals surface area (Å²) >= 11 is 1.73. The fraction of sp³-hybridized carbons (Fsp3) is 0.688. The lowest BCUT2D eigenvalue weighted by Gasteiger charge is -2.38. The first-order chi connectivity index (χ1) is 10.2. The lowest BCUT2D eigenvalue weighted by molar-refractivity contribution is -0.133. The van der Waals surface area contributed by atoms with Crippen molar-refractivity contribution in [1.29, 1.82) is 0 Å². The largest absolute Gasteiger partial charge is 0.318 e. The summed E-state index contributed by atoms with van der Waals surface area (Å²) in [5.41, 5.74) is 0. The average molecular weight is 307 g/mol. The maximum absolute atomic E-state index is 12.6. The number of nitrogens with zero attached hydrogens (tertiary/aromatic N) is 2. The van der Waals surface area contributed by atoms with Crippen molar-refractivity contribution in [3.63, 3.8) is 0 Å². The molecule has 0 radical (unpaired) electrons. The van der Waals surface area contributed by atoms with Crippen LogP contribution in [-0.2, 0) is 4.79 Å². The van der Waals surface area contributed by atoms with Crippen LogP contribution in [0.4, 0.5) is 0 Å². The molecular weight excluding hydrogens is 282 g/mol. The predicted octanol–water partition coefficient (Wildman–Crippen LogP) is 2.44. The number of carbonyl (C=O) groups is 1. The van der Waals surface area contributed by atoms with E-state index < -0.39 is 0 Å². The van der Waals surface area contributed by atoms with Gasteiger partial charge in [-0.25, -0.2) is 0 Å². The lowest BCUT2D eigenvalue weighted by Crippen LogP contribution is -2.47. The Bertz CT molecular complexity index is 468. The number of piperidine rings is 1. The van der Waals surface area contributed by atoms with Gasteiger partial charge in [0.2, 0.25) is 5.91 Å². The van der Waals surface area contributed by atoms with E-state index >= 15 is 0 Å². The van der Waals surface area contributed by atoms with Crippen LogP contribution in [0, 0.1) is 0 Å². The summed E-state index contributed by atoms with van der Waals surface area (Å²) in [6, 6.07) is 4.52. The highest BCUT2D eigenvalue weighted by atomic mass is 32.1. The van der Waals surface area contributed by atoms with Gasteiger partial charge in [-0.05, 0) is 44.2 Å². The fourth-order valence-corrected chi connectivity index (χ4v) is 4.32. The van der Waals surface area contributed by atoms with Crippen LogP contribution in [0.15, 0.2) is 17.5 Å². The Morgan fingerprint density at radius 3 is 2.76 bits per heavy atom. The van der Waals surface area contributed by atoms with Gasteiger partial charge in [0.25, 0.3) is 0 Å². The maximum atomic E-state index is 12.6. The van der Waals surface area contributed by atoms with Crippen molar-refractivity contribution in [2.75, 3.05) is 19.6 Å². The van der Waals surface area contributed by atoms with Gasteiger partial charge >= 0.3 is 0 Å². The number of hydrogen-bond acceptors (Lipinski definition) is 4. The standard InChI is InChI=1S/C16H25N3OS/c1-3-8-18-9-6-13(7-10-18)19-15(14-5-4-11-21-14)17-12(2)16(19)20/h4-5,11-13,15,17H,3,6-10H2,1-2H3. The molecule has 116 valence electrons. The molecule has 3 rings (SSSR count). The zero-order valence-corrected chi connectivity index (χ0v) is 13.7. The number of nitrogens with one attached hydrogen (secondary N) is 1. The van der Waals surface area contributed by atoms with Gasteiger partial charge in [-0.1, -0.05) is 13.0 Å². The molecule has 0 bridgehead atoms. The minimum absolute atomic E-state index is 0.0641. The summed E-state index contributed by atoms with van der Waals surface area (Å²) < 4.78 is 0. The number of rotatable bonds is 4. The van der Waals surface area contributed by atoms with E-state index in [0.29, 0.717) is 6.04 Å². The van der Waals surface area contributed by atoms with E-state index in [0.717, 1.165) is 25.9 Å². The van der Waals surface area contributed by atoms with Crippen molar-refractivity contribution in [2.24, 2.45) is 0 Å². The summed E-state index contributed by atoms with van der Waals surface area (Å²) in [5, 5.41) is 5.55. The van der Waals surface area contributed by atoms with Gasteiger partial charge in [0.15, 0.2) is 0 Å². The molecule has 2 fully saturated rings. The van der Waals surface area contributed by atoms with Crippen molar-refractivity contribution in [3.8, 4) is 0 Å². The van der Waals surface area contributed by atoms with Gasteiger partial charge in [0.05, 0.1) is 6.04 Å². The molecule has 4 nitrogen and oxygen atoms in total. The van der Waals surface area contributed by atoms with Crippen molar-refractivity contribution in [1.82, 2.24) is 15.1 Å². The molecule has 0 saturated carbocycles. The fourth-order valence-electron chi connectivity index (χ4n) is 3.53. The van der Waals surface area contributed by atoms with Crippen LogP contribution >= 0.6 is 11.3 Å². The molecule has 2 aliphatic rings. The molecule has 0 spiro atoms. The molecule has 1 N–H and O–H groups in total. The van der Waals surface area contributed by atoms with E-state index in [1.54, 1.807) is 11.3 Å². The molecule has 2 aliphatic heterocycles. The summed E-state index contributed by atoms with van der Waals surface area (Å²) in [6.45, 7) is 7.63. The van der Waals surface area contributed by atoms with Gasteiger partial charge in [-0.3, -0.25) is 10.1 Å². The van der Waals surface area contributed by atoms with E-state index in [2.05, 4.69) is 39.6 Å². The third kappa shape index (κ3) is 3.00. The molecule has 2 saturated heterocycles. The zero-order valence-electron chi connectivity index (χ0n) is 12.9. The van der Waals surface area contributed by atoms with Crippen LogP contribution in [0.2, 0.25) is 0 Å². The molecule has 2 unspecified atom stereocenters. The van der Waals surface area contributed by atoms with E-state index in [1.807, 2.05) is 6.92 Å². The molecular formula is C16H25N3OS. The number of amides is 1. The second-order valence-electron chi connectivity index (χ2n) is 6.12. The Labute approximate surface area is 131 Å². The highest BCUT2D eigenvalue weighted by molar-refractivity contribution is 7.10. The molecule has 1 amide bonds. The van der Waals surface area contributed by atoms with Crippen LogP contribution in [-0.4, -0.2) is 47.4 Å². The first-order valence-corrected chi connectivity index (χ1v) is 8.92. The van der Waals surface area contributed by atoms with Crippen molar-refractivity contribution < 1.29 is 4.79 Å². The van der Waals surface area contributed by atoms with Crippen LogP contribution in [0.3, 0.4) is 0 Å². The predicted molar refractivity (Wildman–Crippen MR) is 86.3 cm³/mol. The minimum atomic E-state index is -0.0641. The van der Waals surface area contributed by atoms with E-state index in [-0.39, 0.29) is 18.1 Å². The maximum Gasteiger partial charge on any atom is 0.241 e. The SMILES string of the molecule is CCCN1CCC(N2C(=O)C(C)NC2c2cccs2)CC1. The highest BCUT2D eigenvalue weighted by Crippen LogP contribution is 2.33. The second-order valence-corrected chi connectivity index (χ2v) is 7.10. The lowest BCUT2D eigenvalue weighted by atomic mass is 10.0. The third-order valence-corrected chi connectivity index (χ3v) is 5.54. The number of thiophene rings is 1. The Kier molecular flexibility index (Phi) is 4.62. The zero-order chi connectivity index (χ0) is 14.8. The topological polar surface area (TPSA) is 35.6 Å². The number of carbonyl (C=O) groups excluding carboxylic acids is 1. The molecule has 0 aromatic carbocycles. The van der Waals surface area contributed by atoms with E-state index in [4.69, 9.17) is 0 Å². The van der Waals surface area contributed by atoms with Crippen LogP contribution in [0.5, 0.6) is 0 Å². The monoisotopic (exact) mass is 307 g/mol. The Morgan fingerprint density at radius 2 is 2.14 bits per heavy atom. The Morgan fingerprint density at radius 1 is 1.38 bits per heavy atom. The Hall–Kier alpha value is -0.910. The summed E-state index contributed by atoms with van der Waals surface area (Å²) in [6.07, 6.45) is 3.49. The normalized spacial score (nSPS) is 28.5. The minimum Gasteiger partial charge on any atom is -0.318 e. The van der Waals surface area contributed by atoms with Gasteiger partial charge < -0.3 is 9.80 Å². The van der Waals surface area contributed by atoms with Gasteiger partial charge in [-0.15, -0.1) is 11.3 Å². The molecule has 1 aromatic rings. The third-order valence-electron chi connectivity index (χ3n) is 4.61. The van der Waals surface area contributed by atoms with Gasteiger partial charge in [0.1, 0.15) is 6.17 Å². The molecule has 2 atom stereocenters. The summed E-state index contributed by atoms with van der Waals surface area (Å²) in [7, 11) is 0. The van der Waals surface area contributed by atoms with Crippen molar-refractivity contribution in [2.45, 2.75) is 51.4 Å². The number of hydrogen-bond donors (Lipinski definition) is 1. The van der Waals surface area contributed by atoms with E-state index in [9.17, 15) is 4.79 Å². The van der Waals surface area contributed by atoms with Crippen molar-refractivity contribution in [3.05, 3.63) is 22.4 Å². The Balaban J connectivity index is 1.71. The molecule has 0 aliphatic carbocycles. The second kappa shape index (κ2) is 6.46. The summed E-state index contributed by atoms with van der Waals surface area (Å²) in [4.78, 5) is 18.5. The first-order valence-electron chi connectivity index (χ1n) is 8.04. The number of likely N-dealkylation sites (tertiary alicyclic amines) is 1. The molecule has 3 heterocycles. The summed E-state index contributed by atoms with van der Waals surface area (Å²) in [5.74, 6) is 0.266. The van der Waals surface area contributed by atoms with Crippen LogP contribution in [0.1, 0.15) is 44.2 Å². The first kappa shape index (κ1) is 15.0. The van der Waals surface area contributed by atoms with Crippen LogP contribution in [0.25, 0.3) is 0 Å². The van der Waals surface area contributed by atoms with Gasteiger partial charge in [-0.2, -0.15) is 0 Å². The quantitative estimate of drug-likeness (QED) is 0.928. The van der Waals surface area contributed by atoms with Gasteiger partial charge in [0, 0.05) is 24.0 Å². The average Bonchev–Trinajstić information content (AvgIpc) is 3.10. The van der Waals surface area contributed by atoms with Crippen molar-refractivity contribution >= 4 is 17.2 Å². The van der Waals surface area contributed by atoms with Crippen LogP contribution < -0.4 is 5.32 Å². The molecule has 21 heavy (non-hydrogen) atoms. The smallest absolute Gasteiger partial charge is 0.241 e. The highest BCUT2D eigenvalue weighted by Gasteiger charge is 2.42. The van der Waals surface area contributed by atoms with E-state index in [1.165, 1.54) is 17.8 Å². The molecule has 1 aromatic heterocycles. The molecule has 5 heteroatoms.